The van der Waals surface area contributed by atoms with Crippen molar-refractivity contribution < 1.29 is 9.53 Å². The Balaban J connectivity index is 2.22. The molecule has 3 nitrogen and oxygen atoms in total. The van der Waals surface area contributed by atoms with Gasteiger partial charge in [-0.2, -0.15) is 0 Å². The summed E-state index contributed by atoms with van der Waals surface area (Å²) in [6.45, 7) is 2.84. The van der Waals surface area contributed by atoms with Gasteiger partial charge in [-0.3, -0.25) is 4.79 Å². The van der Waals surface area contributed by atoms with E-state index in [0.717, 1.165) is 19.3 Å². The second-order valence-electron chi connectivity index (χ2n) is 3.78. The van der Waals surface area contributed by atoms with E-state index in [1.807, 2.05) is 12.1 Å². The second kappa shape index (κ2) is 7.96. The fourth-order valence-corrected chi connectivity index (χ4v) is 1.55. The molecule has 94 valence electrons. The smallest absolute Gasteiger partial charge is 0.257 e. The highest BCUT2D eigenvalue weighted by Crippen LogP contribution is 2.22. The Kier molecular flexibility index (Phi) is 6.48. The van der Waals surface area contributed by atoms with Crippen molar-refractivity contribution >= 4 is 17.5 Å². The van der Waals surface area contributed by atoms with E-state index in [2.05, 4.69) is 12.2 Å². The molecule has 0 unspecified atom stereocenters. The topological polar surface area (TPSA) is 38.3 Å². The molecule has 1 N–H and O–H groups in total. The summed E-state index contributed by atoms with van der Waals surface area (Å²) in [5, 5.41) is 3.32. The lowest BCUT2D eigenvalue weighted by Crippen LogP contribution is -2.29. The van der Waals surface area contributed by atoms with E-state index in [9.17, 15) is 4.79 Å². The molecular formula is C13H18ClNO2. The maximum atomic E-state index is 11.4. The number of carbonyl (C=O) groups excluding carboxylic acids is 1. The van der Waals surface area contributed by atoms with Gasteiger partial charge in [0.2, 0.25) is 0 Å². The third-order valence-electron chi connectivity index (χ3n) is 2.30. The van der Waals surface area contributed by atoms with Crippen LogP contribution in [-0.2, 0) is 4.79 Å². The first-order valence-electron chi connectivity index (χ1n) is 5.88. The van der Waals surface area contributed by atoms with Crippen molar-refractivity contribution in [2.24, 2.45) is 0 Å². The average Bonchev–Trinajstić information content (AvgIpc) is 2.34. The van der Waals surface area contributed by atoms with Crippen molar-refractivity contribution in [3.8, 4) is 5.75 Å². The first-order valence-corrected chi connectivity index (χ1v) is 6.26. The lowest BCUT2D eigenvalue weighted by Gasteiger charge is -2.08. The zero-order chi connectivity index (χ0) is 12.5. The highest BCUT2D eigenvalue weighted by atomic mass is 35.5. The van der Waals surface area contributed by atoms with Gasteiger partial charge in [-0.25, -0.2) is 0 Å². The van der Waals surface area contributed by atoms with Crippen LogP contribution in [0.3, 0.4) is 0 Å². The molecule has 1 amide bonds. The monoisotopic (exact) mass is 255 g/mol. The molecule has 0 atom stereocenters. The maximum absolute atomic E-state index is 11.4. The fraction of sp³-hybridized carbons (Fsp3) is 0.462. The van der Waals surface area contributed by atoms with Crippen LogP contribution in [0.2, 0.25) is 5.02 Å². The molecule has 0 aliphatic rings. The molecule has 0 saturated carbocycles. The standard InChI is InChI=1S/C13H18ClNO2/c1-2-3-6-9-15-13(16)10-17-12-8-5-4-7-11(12)14/h4-5,7-8H,2-3,6,9-10H2,1H3,(H,15,16). The minimum atomic E-state index is -0.110. The van der Waals surface area contributed by atoms with Gasteiger partial charge >= 0.3 is 0 Å². The number of hydrogen-bond donors (Lipinski definition) is 1. The molecule has 0 bridgehead atoms. The molecular weight excluding hydrogens is 238 g/mol. The number of hydrogen-bond acceptors (Lipinski definition) is 2. The Labute approximate surface area is 107 Å². The minimum absolute atomic E-state index is 0.00978. The number of carbonyl (C=O) groups is 1. The van der Waals surface area contributed by atoms with Gasteiger partial charge in [0.25, 0.3) is 5.91 Å². The van der Waals surface area contributed by atoms with E-state index in [4.69, 9.17) is 16.3 Å². The van der Waals surface area contributed by atoms with E-state index in [0.29, 0.717) is 17.3 Å². The van der Waals surface area contributed by atoms with E-state index >= 15 is 0 Å². The summed E-state index contributed by atoms with van der Waals surface area (Å²) in [4.78, 5) is 11.4. The molecule has 17 heavy (non-hydrogen) atoms. The molecule has 0 heterocycles. The van der Waals surface area contributed by atoms with Crippen LogP contribution in [0.15, 0.2) is 24.3 Å². The zero-order valence-electron chi connectivity index (χ0n) is 10.0. The van der Waals surface area contributed by atoms with E-state index in [-0.39, 0.29) is 12.5 Å². The molecule has 1 aromatic carbocycles. The molecule has 1 aromatic rings. The summed E-state index contributed by atoms with van der Waals surface area (Å²) in [6.07, 6.45) is 3.28. The van der Waals surface area contributed by atoms with Crippen LogP contribution in [0.25, 0.3) is 0 Å². The number of para-hydroxylation sites is 1. The molecule has 4 heteroatoms. The summed E-state index contributed by atoms with van der Waals surface area (Å²) >= 11 is 5.90. The largest absolute Gasteiger partial charge is 0.482 e. The van der Waals surface area contributed by atoms with E-state index in [1.54, 1.807) is 12.1 Å². The van der Waals surface area contributed by atoms with Gasteiger partial charge in [-0.1, -0.05) is 43.5 Å². The van der Waals surface area contributed by atoms with Crippen molar-refractivity contribution in [1.29, 1.82) is 0 Å². The van der Waals surface area contributed by atoms with Crippen molar-refractivity contribution in [2.75, 3.05) is 13.2 Å². The lowest BCUT2D eigenvalue weighted by molar-refractivity contribution is -0.123. The van der Waals surface area contributed by atoms with Crippen molar-refractivity contribution in [2.45, 2.75) is 26.2 Å². The molecule has 0 aliphatic carbocycles. The SMILES string of the molecule is CCCCCNC(=O)COc1ccccc1Cl. The highest BCUT2D eigenvalue weighted by Gasteiger charge is 2.04. The Hall–Kier alpha value is -1.22. The third-order valence-corrected chi connectivity index (χ3v) is 2.61. The number of halogens is 1. The first-order chi connectivity index (χ1) is 8.24. The van der Waals surface area contributed by atoms with Crippen LogP contribution in [0.1, 0.15) is 26.2 Å². The molecule has 1 rings (SSSR count). The molecule has 0 fully saturated rings. The van der Waals surface area contributed by atoms with Gasteiger partial charge in [-0.05, 0) is 18.6 Å². The first kappa shape index (κ1) is 13.8. The summed E-state index contributed by atoms with van der Waals surface area (Å²) in [5.41, 5.74) is 0. The molecule has 0 aliphatic heterocycles. The second-order valence-corrected chi connectivity index (χ2v) is 4.18. The van der Waals surface area contributed by atoms with Crippen LogP contribution in [-0.4, -0.2) is 19.1 Å². The number of amides is 1. The van der Waals surface area contributed by atoms with Crippen LogP contribution < -0.4 is 10.1 Å². The highest BCUT2D eigenvalue weighted by molar-refractivity contribution is 6.32. The third kappa shape index (κ3) is 5.59. The number of ether oxygens (including phenoxy) is 1. The number of rotatable bonds is 7. The van der Waals surface area contributed by atoms with E-state index in [1.165, 1.54) is 0 Å². The normalized spacial score (nSPS) is 10.0. The predicted octanol–water partition coefficient (Wildman–Crippen LogP) is 3.03. The number of unbranched alkanes of at least 4 members (excludes halogenated alkanes) is 2. The predicted molar refractivity (Wildman–Crippen MR) is 69.5 cm³/mol. The summed E-state index contributed by atoms with van der Waals surface area (Å²) in [7, 11) is 0. The van der Waals surface area contributed by atoms with Gasteiger partial charge in [0.05, 0.1) is 5.02 Å². The Bertz CT molecular complexity index is 355. The number of nitrogens with one attached hydrogen (secondary N) is 1. The van der Waals surface area contributed by atoms with Crippen LogP contribution in [0, 0.1) is 0 Å². The Morgan fingerprint density at radius 2 is 2.12 bits per heavy atom. The zero-order valence-corrected chi connectivity index (χ0v) is 10.8. The average molecular weight is 256 g/mol. The summed E-state index contributed by atoms with van der Waals surface area (Å²) in [5.74, 6) is 0.430. The summed E-state index contributed by atoms with van der Waals surface area (Å²) in [6, 6.07) is 7.11. The Morgan fingerprint density at radius 3 is 2.82 bits per heavy atom. The van der Waals surface area contributed by atoms with Gasteiger partial charge in [-0.15, -0.1) is 0 Å². The molecule has 0 radical (unpaired) electrons. The van der Waals surface area contributed by atoms with Crippen molar-refractivity contribution in [1.82, 2.24) is 5.32 Å². The van der Waals surface area contributed by atoms with Crippen molar-refractivity contribution in [3.63, 3.8) is 0 Å². The van der Waals surface area contributed by atoms with Crippen LogP contribution in [0.5, 0.6) is 5.75 Å². The number of benzene rings is 1. The Morgan fingerprint density at radius 1 is 1.35 bits per heavy atom. The molecule has 0 spiro atoms. The lowest BCUT2D eigenvalue weighted by atomic mass is 10.2. The van der Waals surface area contributed by atoms with E-state index < -0.39 is 0 Å². The minimum Gasteiger partial charge on any atom is -0.482 e. The van der Waals surface area contributed by atoms with Crippen molar-refractivity contribution in [3.05, 3.63) is 29.3 Å². The molecule has 0 saturated heterocycles. The van der Waals surface area contributed by atoms with Gasteiger partial charge in [0.1, 0.15) is 5.75 Å². The quantitative estimate of drug-likeness (QED) is 0.761. The van der Waals surface area contributed by atoms with Gasteiger partial charge in [0.15, 0.2) is 6.61 Å². The van der Waals surface area contributed by atoms with Crippen LogP contribution in [0.4, 0.5) is 0 Å². The van der Waals surface area contributed by atoms with Crippen LogP contribution >= 0.6 is 11.6 Å². The molecule has 0 aromatic heterocycles. The maximum Gasteiger partial charge on any atom is 0.257 e. The van der Waals surface area contributed by atoms with Gasteiger partial charge < -0.3 is 10.1 Å². The summed E-state index contributed by atoms with van der Waals surface area (Å²) < 4.78 is 5.31. The fourth-order valence-electron chi connectivity index (χ4n) is 1.36. The van der Waals surface area contributed by atoms with Gasteiger partial charge in [0, 0.05) is 6.54 Å².